The van der Waals surface area contributed by atoms with Crippen LogP contribution >= 0.6 is 0 Å². The Balaban J connectivity index is 1.55. The molecule has 0 fully saturated rings. The third-order valence-electron chi connectivity index (χ3n) is 5.87. The number of benzene rings is 3. The number of nitrogens with two attached hydrogens (primary N) is 1. The second-order valence-corrected chi connectivity index (χ2v) is 10.1. The van der Waals surface area contributed by atoms with Gasteiger partial charge >= 0.3 is 6.61 Å². The lowest BCUT2D eigenvalue weighted by Crippen LogP contribution is -2.23. The van der Waals surface area contributed by atoms with Crippen molar-refractivity contribution in [1.82, 2.24) is 14.5 Å². The van der Waals surface area contributed by atoms with E-state index in [4.69, 9.17) is 10.5 Å². The summed E-state index contributed by atoms with van der Waals surface area (Å²) in [4.78, 5) is 21.6. The number of sulfonamides is 1. The third kappa shape index (κ3) is 5.27. The number of halogens is 2. The first-order chi connectivity index (χ1) is 19.2. The molecule has 0 amide bonds. The number of alkyl halides is 2. The van der Waals surface area contributed by atoms with Gasteiger partial charge in [0, 0.05) is 17.8 Å². The van der Waals surface area contributed by atoms with Crippen LogP contribution in [0.4, 0.5) is 20.4 Å². The number of pyridine rings is 1. The summed E-state index contributed by atoms with van der Waals surface area (Å²) < 4.78 is 64.6. The van der Waals surface area contributed by atoms with E-state index in [0.29, 0.717) is 22.3 Å². The van der Waals surface area contributed by atoms with Gasteiger partial charge in [0.2, 0.25) is 11.8 Å². The SMILES string of the molecule is COc1ncc(-c2ccc3nc(N)n(-c4ccccc4)c(=O)c3c2)cc1NS(=O)(=O)c1cccc(OC(F)F)c1. The Morgan fingerprint density at radius 3 is 2.48 bits per heavy atom. The fraction of sp³-hybridized carbons (Fsp3) is 0.0741. The van der Waals surface area contributed by atoms with Gasteiger partial charge in [0.15, 0.2) is 0 Å². The molecule has 2 aromatic heterocycles. The first kappa shape index (κ1) is 26.6. The minimum atomic E-state index is -4.26. The lowest BCUT2D eigenvalue weighted by Gasteiger charge is -2.14. The molecule has 204 valence electrons. The average Bonchev–Trinajstić information content (AvgIpc) is 2.93. The fourth-order valence-electron chi connectivity index (χ4n) is 4.08. The van der Waals surface area contributed by atoms with Gasteiger partial charge in [-0.15, -0.1) is 0 Å². The van der Waals surface area contributed by atoms with Gasteiger partial charge in [0.25, 0.3) is 15.6 Å². The number of nitrogen functional groups attached to an aromatic ring is 1. The van der Waals surface area contributed by atoms with E-state index in [0.717, 1.165) is 6.07 Å². The molecular weight excluding hydrogens is 544 g/mol. The Kier molecular flexibility index (Phi) is 7.05. The van der Waals surface area contributed by atoms with Crippen LogP contribution in [0.1, 0.15) is 0 Å². The molecule has 0 aliphatic rings. The molecule has 5 rings (SSSR count). The molecule has 0 aliphatic carbocycles. The molecule has 0 saturated carbocycles. The van der Waals surface area contributed by atoms with E-state index in [-0.39, 0.29) is 39.1 Å². The van der Waals surface area contributed by atoms with Gasteiger partial charge < -0.3 is 15.2 Å². The van der Waals surface area contributed by atoms with Crippen molar-refractivity contribution in [3.05, 3.63) is 95.4 Å². The van der Waals surface area contributed by atoms with Crippen molar-refractivity contribution < 1.29 is 26.7 Å². The molecule has 0 radical (unpaired) electrons. The Labute approximate surface area is 226 Å². The van der Waals surface area contributed by atoms with Gasteiger partial charge in [0.05, 0.1) is 28.6 Å². The lowest BCUT2D eigenvalue weighted by molar-refractivity contribution is -0.0499. The first-order valence-electron chi connectivity index (χ1n) is 11.7. The number of rotatable bonds is 8. The van der Waals surface area contributed by atoms with Crippen LogP contribution in [0.2, 0.25) is 0 Å². The van der Waals surface area contributed by atoms with E-state index in [1.165, 1.54) is 42.1 Å². The van der Waals surface area contributed by atoms with Gasteiger partial charge in [-0.1, -0.05) is 30.3 Å². The molecule has 0 bridgehead atoms. The molecule has 0 saturated heterocycles. The standard InChI is InChI=1S/C27H21F2N5O5S/c1-38-24-23(33-40(36,37)20-9-5-8-19(14-20)39-26(28)29)13-17(15-31-24)16-10-11-22-21(12-16)25(35)34(27(30)32-22)18-6-3-2-4-7-18/h2-15,26,33H,1H3,(H2,30,32). The summed E-state index contributed by atoms with van der Waals surface area (Å²) in [7, 11) is -2.94. The van der Waals surface area contributed by atoms with Gasteiger partial charge in [-0.3, -0.25) is 9.52 Å². The Morgan fingerprint density at radius 2 is 1.75 bits per heavy atom. The average molecular weight is 566 g/mol. The number of fused-ring (bicyclic) bond motifs is 1. The quantitative estimate of drug-likeness (QED) is 0.282. The van der Waals surface area contributed by atoms with E-state index >= 15 is 0 Å². The van der Waals surface area contributed by atoms with Crippen molar-refractivity contribution in [2.45, 2.75) is 11.5 Å². The Bertz CT molecular complexity index is 1880. The van der Waals surface area contributed by atoms with Crippen LogP contribution in [0.15, 0.2) is 94.7 Å². The maximum absolute atomic E-state index is 13.4. The summed E-state index contributed by atoms with van der Waals surface area (Å²) in [5.74, 6) is -0.320. The summed E-state index contributed by atoms with van der Waals surface area (Å²) in [6.07, 6.45) is 1.45. The van der Waals surface area contributed by atoms with Crippen LogP contribution in [0, 0.1) is 0 Å². The number of nitrogens with one attached hydrogen (secondary N) is 1. The third-order valence-corrected chi connectivity index (χ3v) is 7.23. The van der Waals surface area contributed by atoms with E-state index in [9.17, 15) is 22.0 Å². The molecule has 5 aromatic rings. The van der Waals surface area contributed by atoms with Crippen molar-refractivity contribution in [2.24, 2.45) is 0 Å². The second kappa shape index (κ2) is 10.6. The molecule has 13 heteroatoms. The maximum Gasteiger partial charge on any atom is 0.387 e. The number of aromatic nitrogens is 3. The van der Waals surface area contributed by atoms with Crippen molar-refractivity contribution in [3.8, 4) is 28.4 Å². The van der Waals surface area contributed by atoms with Crippen LogP contribution in [0.25, 0.3) is 27.7 Å². The maximum atomic E-state index is 13.4. The molecular formula is C27H21F2N5O5S. The second-order valence-electron chi connectivity index (χ2n) is 8.42. The van der Waals surface area contributed by atoms with Crippen LogP contribution in [0.5, 0.6) is 11.6 Å². The molecule has 10 nitrogen and oxygen atoms in total. The van der Waals surface area contributed by atoms with Crippen LogP contribution < -0.4 is 25.5 Å². The normalized spacial score (nSPS) is 11.5. The molecule has 3 N–H and O–H groups in total. The largest absolute Gasteiger partial charge is 0.480 e. The molecule has 0 aliphatic heterocycles. The molecule has 0 unspecified atom stereocenters. The number of nitrogens with zero attached hydrogens (tertiary/aromatic N) is 3. The number of methoxy groups -OCH3 is 1. The van der Waals surface area contributed by atoms with Crippen LogP contribution in [-0.4, -0.2) is 36.7 Å². The predicted molar refractivity (Wildman–Crippen MR) is 145 cm³/mol. The monoisotopic (exact) mass is 565 g/mol. The van der Waals surface area contributed by atoms with E-state index < -0.39 is 16.6 Å². The van der Waals surface area contributed by atoms with Crippen LogP contribution in [-0.2, 0) is 10.0 Å². The molecule has 40 heavy (non-hydrogen) atoms. The van der Waals surface area contributed by atoms with Crippen molar-refractivity contribution >= 4 is 32.6 Å². The molecule has 2 heterocycles. The van der Waals surface area contributed by atoms with E-state index in [2.05, 4.69) is 19.4 Å². The first-order valence-corrected chi connectivity index (χ1v) is 13.1. The topological polar surface area (TPSA) is 138 Å². The number of hydrogen-bond acceptors (Lipinski definition) is 8. The van der Waals surface area contributed by atoms with Crippen LogP contribution in [0.3, 0.4) is 0 Å². The van der Waals surface area contributed by atoms with Crippen molar-refractivity contribution in [3.63, 3.8) is 0 Å². The number of ether oxygens (including phenoxy) is 2. The molecule has 3 aromatic carbocycles. The summed E-state index contributed by atoms with van der Waals surface area (Å²) in [6.45, 7) is -3.11. The highest BCUT2D eigenvalue weighted by Crippen LogP contribution is 2.32. The zero-order valence-electron chi connectivity index (χ0n) is 20.8. The van der Waals surface area contributed by atoms with E-state index in [1.807, 2.05) is 6.07 Å². The van der Waals surface area contributed by atoms with Gasteiger partial charge in [-0.25, -0.2) is 23.0 Å². The summed E-state index contributed by atoms with van der Waals surface area (Å²) >= 11 is 0. The highest BCUT2D eigenvalue weighted by atomic mass is 32.2. The summed E-state index contributed by atoms with van der Waals surface area (Å²) in [5, 5.41) is 0.282. The molecule has 0 spiro atoms. The van der Waals surface area contributed by atoms with Gasteiger partial charge in [-0.05, 0) is 48.0 Å². The zero-order chi connectivity index (χ0) is 28.4. The minimum absolute atomic E-state index is 0.0163. The van der Waals surface area contributed by atoms with Gasteiger partial charge in [0.1, 0.15) is 11.4 Å². The van der Waals surface area contributed by atoms with Gasteiger partial charge in [-0.2, -0.15) is 8.78 Å². The van der Waals surface area contributed by atoms with Crippen molar-refractivity contribution in [2.75, 3.05) is 17.6 Å². The van der Waals surface area contributed by atoms with E-state index in [1.54, 1.807) is 42.5 Å². The highest BCUT2D eigenvalue weighted by Gasteiger charge is 2.20. The highest BCUT2D eigenvalue weighted by molar-refractivity contribution is 7.92. The summed E-state index contributed by atoms with van der Waals surface area (Å²) in [6, 6.07) is 19.9. The van der Waals surface area contributed by atoms with Crippen molar-refractivity contribution in [1.29, 1.82) is 0 Å². The number of para-hydroxylation sites is 1. The zero-order valence-corrected chi connectivity index (χ0v) is 21.6. The smallest absolute Gasteiger partial charge is 0.387 e. The molecule has 0 atom stereocenters. The number of anilines is 2. The lowest BCUT2D eigenvalue weighted by atomic mass is 10.0. The number of hydrogen-bond donors (Lipinski definition) is 2. The summed E-state index contributed by atoms with van der Waals surface area (Å²) in [5.41, 5.74) is 7.61. The Morgan fingerprint density at radius 1 is 0.975 bits per heavy atom. The predicted octanol–water partition coefficient (Wildman–Crippen LogP) is 4.44. The minimum Gasteiger partial charge on any atom is -0.480 e. The fourth-order valence-corrected chi connectivity index (χ4v) is 5.16. The Hall–Kier alpha value is -5.04.